The van der Waals surface area contributed by atoms with E-state index in [-0.39, 0.29) is 28.8 Å². The monoisotopic (exact) mass is 912 g/mol. The maximum absolute atomic E-state index is 15.5. The molecular formula is C50H57N6O5PSSi. The van der Waals surface area contributed by atoms with E-state index < -0.39 is 45.2 Å². The zero-order chi connectivity index (χ0) is 46.0. The Morgan fingerprint density at radius 2 is 1.52 bits per heavy atom. The number of pyridine rings is 1. The molecule has 14 heteroatoms. The number of hydrazone groups is 1. The van der Waals surface area contributed by atoms with Gasteiger partial charge in [0.25, 0.3) is 0 Å². The van der Waals surface area contributed by atoms with Gasteiger partial charge in [-0.1, -0.05) is 131 Å². The number of rotatable bonds is 16. The minimum atomic E-state index is -3.26. The molecule has 0 radical (unpaired) electrons. The van der Waals surface area contributed by atoms with E-state index in [0.29, 0.717) is 16.3 Å². The summed E-state index contributed by atoms with van der Waals surface area (Å²) >= 11 is 1.32. The molecule has 64 heavy (non-hydrogen) atoms. The van der Waals surface area contributed by atoms with Crippen molar-refractivity contribution < 1.29 is 23.5 Å². The van der Waals surface area contributed by atoms with Crippen LogP contribution in [-0.4, -0.2) is 94.2 Å². The molecule has 7 rings (SSSR count). The minimum Gasteiger partial charge on any atom is -0.457 e. The zero-order valence-corrected chi connectivity index (χ0v) is 40.7. The highest BCUT2D eigenvalue weighted by molar-refractivity contribution is 7.96. The molecule has 1 saturated heterocycles. The van der Waals surface area contributed by atoms with Crippen LogP contribution in [0.5, 0.6) is 0 Å². The largest absolute Gasteiger partial charge is 0.457 e. The highest BCUT2D eigenvalue weighted by Crippen LogP contribution is 2.51. The summed E-state index contributed by atoms with van der Waals surface area (Å²) in [5.74, 6) is -2.68. The molecule has 1 aliphatic rings. The molecule has 0 N–H and O–H groups in total. The van der Waals surface area contributed by atoms with Crippen molar-refractivity contribution >= 4 is 76.1 Å². The third-order valence-corrected chi connectivity index (χ3v) is 22.3. The molecule has 332 valence electrons. The predicted molar refractivity (Wildman–Crippen MR) is 263 cm³/mol. The summed E-state index contributed by atoms with van der Waals surface area (Å²) in [4.78, 5) is 57.9. The van der Waals surface area contributed by atoms with Gasteiger partial charge in [0.05, 0.1) is 22.9 Å². The molecular weight excluding hydrogens is 856 g/mol. The number of Topliss-reactive ketones (excluding diaryl/α,β-unsaturated/α-hetero) is 1. The van der Waals surface area contributed by atoms with Crippen LogP contribution in [0.4, 0.5) is 0 Å². The first-order chi connectivity index (χ1) is 30.5. The van der Waals surface area contributed by atoms with Crippen LogP contribution in [0.3, 0.4) is 0 Å². The lowest BCUT2D eigenvalue weighted by molar-refractivity contribution is -0.158. The van der Waals surface area contributed by atoms with E-state index in [1.165, 1.54) is 17.4 Å². The van der Waals surface area contributed by atoms with Crippen molar-refractivity contribution in [2.45, 2.75) is 64.9 Å². The fourth-order valence-electron chi connectivity index (χ4n) is 8.27. The Bertz CT molecular complexity index is 2630. The van der Waals surface area contributed by atoms with Crippen LogP contribution in [0.25, 0.3) is 4.83 Å². The summed E-state index contributed by atoms with van der Waals surface area (Å²) in [6, 6.07) is 32.6. The molecule has 11 nitrogen and oxygen atoms in total. The molecule has 4 atom stereocenters. The van der Waals surface area contributed by atoms with Gasteiger partial charge in [-0.25, -0.2) is 9.78 Å². The summed E-state index contributed by atoms with van der Waals surface area (Å²) in [6.07, 6.45) is 7.86. The molecule has 4 heterocycles. The Morgan fingerprint density at radius 1 is 0.938 bits per heavy atom. The van der Waals surface area contributed by atoms with E-state index in [4.69, 9.17) is 19.2 Å². The molecule has 1 fully saturated rings. The molecule has 0 bridgehead atoms. The minimum absolute atomic E-state index is 0.0767. The number of thiazole rings is 1. The standard InChI is InChI=1S/C50H57N6O5PSSi/c1-11-30-60-49(59)47(62(37-23-15-12-16-24-37,38-25-17-13-18-26-38)39-27-19-14-20-28-39)56-44(41(46(56)58)35(3)61-64(9,10)50(4,5)6)34(2)45(57)40-32-55-33-52-43(48(55)63-40)42(53-54(7)8)36-22-21-29-51-31-36/h11-29,31-35,41,44H,1,30H2,2-10H3/t34-,35+,41-,44-/m1/s1. The number of β-lactam (4-membered cyclic amide) rings is 1. The van der Waals surface area contributed by atoms with E-state index in [1.807, 2.05) is 135 Å². The zero-order valence-electron chi connectivity index (χ0n) is 38.0. The molecule has 3 aromatic heterocycles. The molecule has 0 saturated carbocycles. The quantitative estimate of drug-likeness (QED) is 0.0140. The third-order valence-electron chi connectivity index (χ3n) is 12.3. The fourth-order valence-corrected chi connectivity index (χ4v) is 15.2. The lowest BCUT2D eigenvalue weighted by Crippen LogP contribution is -2.71. The smallest absolute Gasteiger partial charge is 0.356 e. The van der Waals surface area contributed by atoms with E-state index in [1.54, 1.807) is 34.8 Å². The molecule has 0 unspecified atom stereocenters. The number of nitrogens with zero attached hydrogens (tertiary/aromatic N) is 6. The Morgan fingerprint density at radius 3 is 2.02 bits per heavy atom. The highest BCUT2D eigenvalue weighted by Gasteiger charge is 2.59. The second kappa shape index (κ2) is 18.8. The van der Waals surface area contributed by atoms with Gasteiger partial charge in [-0.3, -0.25) is 19.0 Å². The van der Waals surface area contributed by atoms with Crippen LogP contribution < -0.4 is 15.9 Å². The first-order valence-corrected chi connectivity index (χ1v) is 26.9. The molecule has 1 aliphatic heterocycles. The molecule has 0 aliphatic carbocycles. The first kappa shape index (κ1) is 46.3. The van der Waals surface area contributed by atoms with Crippen LogP contribution in [0, 0.1) is 11.8 Å². The second-order valence-electron chi connectivity index (χ2n) is 17.8. The van der Waals surface area contributed by atoms with E-state index in [0.717, 1.165) is 26.3 Å². The van der Waals surface area contributed by atoms with Crippen molar-refractivity contribution in [1.82, 2.24) is 24.3 Å². The number of hydrogen-bond donors (Lipinski definition) is 0. The van der Waals surface area contributed by atoms with Crippen LogP contribution in [0.15, 0.2) is 146 Å². The summed E-state index contributed by atoms with van der Waals surface area (Å²) in [5.41, 5.74) is 2.21. The number of ketones is 1. The summed E-state index contributed by atoms with van der Waals surface area (Å²) in [6.45, 7) is 15.1. The first-order valence-electron chi connectivity index (χ1n) is 21.4. The summed E-state index contributed by atoms with van der Waals surface area (Å²) in [7, 11) is 1.25. The van der Waals surface area contributed by atoms with Crippen molar-refractivity contribution in [3.8, 4) is 0 Å². The van der Waals surface area contributed by atoms with Gasteiger partial charge in [0.1, 0.15) is 34.6 Å². The van der Waals surface area contributed by atoms with Gasteiger partial charge in [0.2, 0.25) is 5.91 Å². The molecule has 1 amide bonds. The van der Waals surface area contributed by atoms with Gasteiger partial charge >= 0.3 is 5.97 Å². The number of esters is 1. The van der Waals surface area contributed by atoms with Crippen molar-refractivity contribution in [2.24, 2.45) is 16.9 Å². The van der Waals surface area contributed by atoms with Crippen LogP contribution in [0.2, 0.25) is 18.1 Å². The number of aromatic nitrogens is 3. The van der Waals surface area contributed by atoms with Gasteiger partial charge in [-0.05, 0) is 53.1 Å². The van der Waals surface area contributed by atoms with Crippen LogP contribution in [-0.2, 0) is 18.8 Å². The third kappa shape index (κ3) is 8.62. The molecule has 0 spiro atoms. The normalized spacial score (nSPS) is 16.8. The summed E-state index contributed by atoms with van der Waals surface area (Å²) in [5, 5.41) is 8.91. The van der Waals surface area contributed by atoms with Gasteiger partial charge < -0.3 is 19.1 Å². The van der Waals surface area contributed by atoms with Crippen molar-refractivity contribution in [3.63, 3.8) is 0 Å². The number of fused-ring (bicyclic) bond motifs is 1. The summed E-state index contributed by atoms with van der Waals surface area (Å²) < 4.78 is 14.9. The van der Waals surface area contributed by atoms with Crippen molar-refractivity contribution in [2.75, 3.05) is 20.7 Å². The maximum atomic E-state index is 15.5. The lowest BCUT2D eigenvalue weighted by Gasteiger charge is -2.54. The Kier molecular flexibility index (Phi) is 13.6. The van der Waals surface area contributed by atoms with Gasteiger partial charge in [0, 0.05) is 51.1 Å². The average molecular weight is 913 g/mol. The van der Waals surface area contributed by atoms with E-state index >= 15 is 14.4 Å². The maximum Gasteiger partial charge on any atom is 0.356 e. The van der Waals surface area contributed by atoms with Crippen LogP contribution >= 0.6 is 18.2 Å². The number of hydrogen-bond acceptors (Lipinski definition) is 10. The number of carbonyl (C=O) groups excluding carboxylic acids is 3. The van der Waals surface area contributed by atoms with Crippen molar-refractivity contribution in [3.05, 3.63) is 157 Å². The Hall–Kier alpha value is -5.72. The number of benzene rings is 3. The van der Waals surface area contributed by atoms with Crippen LogP contribution in [0.1, 0.15) is 55.5 Å². The second-order valence-corrected chi connectivity index (χ2v) is 26.9. The van der Waals surface area contributed by atoms with E-state index in [9.17, 15) is 0 Å². The Labute approximate surface area is 381 Å². The Balaban J connectivity index is 1.47. The lowest BCUT2D eigenvalue weighted by atomic mass is 9.75. The topological polar surface area (TPSA) is 119 Å². The number of amides is 1. The molecule has 3 aromatic carbocycles. The van der Waals surface area contributed by atoms with E-state index in [2.05, 4.69) is 45.4 Å². The van der Waals surface area contributed by atoms with Gasteiger partial charge in [0.15, 0.2) is 14.1 Å². The number of carbonyl (C=O) groups is 3. The number of imidazole rings is 1. The van der Waals surface area contributed by atoms with Crippen molar-refractivity contribution in [1.29, 1.82) is 0 Å². The average Bonchev–Trinajstić information content (AvgIpc) is 3.88. The SMILES string of the molecule is C=CCOC(=O)C(N1C(=O)[C@H]([C@H](C)O[Si](C)(C)C(C)(C)C)[C@H]1[C@@H](C)C(=O)c1cn2cnc(C(=NN(C)C)c3cccnc3)c2s1)=P(c1ccccc1)(c1ccccc1)c1ccccc1. The van der Waals surface area contributed by atoms with Gasteiger partial charge in [-0.15, -0.1) is 11.3 Å². The molecule has 6 aromatic rings. The number of ether oxygens (including phenoxy) is 1. The fraction of sp³-hybridized carbons (Fsp3) is 0.300. The highest BCUT2D eigenvalue weighted by atomic mass is 32.1. The van der Waals surface area contributed by atoms with Gasteiger partial charge in [-0.2, -0.15) is 5.10 Å². The predicted octanol–water partition coefficient (Wildman–Crippen LogP) is 8.01. The number of likely N-dealkylation sites (tertiary alicyclic amines) is 1.